The summed E-state index contributed by atoms with van der Waals surface area (Å²) in [5, 5.41) is 7.80. The Balaban J connectivity index is 2.01. The van der Waals surface area contributed by atoms with Crippen LogP contribution in [0.5, 0.6) is 5.75 Å². The van der Waals surface area contributed by atoms with Gasteiger partial charge in [-0.3, -0.25) is 4.79 Å². The van der Waals surface area contributed by atoms with Crippen molar-refractivity contribution in [3.8, 4) is 5.75 Å². The predicted molar refractivity (Wildman–Crippen MR) is 87.8 cm³/mol. The third kappa shape index (κ3) is 2.16. The van der Waals surface area contributed by atoms with Crippen molar-refractivity contribution in [1.29, 1.82) is 0 Å². The molecule has 0 atom stereocenters. The monoisotopic (exact) mass is 364 g/mol. The molecular formula is C15H17BrN4O2. The molecule has 0 fully saturated rings. The summed E-state index contributed by atoms with van der Waals surface area (Å²) in [5.41, 5.74) is 3.61. The van der Waals surface area contributed by atoms with Gasteiger partial charge in [-0.2, -0.15) is 5.10 Å². The Kier molecular flexibility index (Phi) is 3.60. The van der Waals surface area contributed by atoms with Gasteiger partial charge in [0.2, 0.25) is 0 Å². The van der Waals surface area contributed by atoms with E-state index in [2.05, 4.69) is 26.3 Å². The molecule has 1 N–H and O–H groups in total. The van der Waals surface area contributed by atoms with E-state index in [-0.39, 0.29) is 5.91 Å². The van der Waals surface area contributed by atoms with Gasteiger partial charge in [0.1, 0.15) is 18.1 Å². The minimum atomic E-state index is -0.0356. The summed E-state index contributed by atoms with van der Waals surface area (Å²) in [6.45, 7) is 4.47. The Morgan fingerprint density at radius 2 is 2.09 bits per heavy atom. The van der Waals surface area contributed by atoms with Gasteiger partial charge in [0.15, 0.2) is 5.82 Å². The first-order chi connectivity index (χ1) is 10.4. The lowest BCUT2D eigenvalue weighted by Gasteiger charge is -2.15. The lowest BCUT2D eigenvalue weighted by atomic mass is 10.1. The van der Waals surface area contributed by atoms with Crippen LogP contribution in [0.2, 0.25) is 0 Å². The summed E-state index contributed by atoms with van der Waals surface area (Å²) in [6, 6.07) is 3.93. The molecule has 0 saturated carbocycles. The summed E-state index contributed by atoms with van der Waals surface area (Å²) in [5.74, 6) is 1.41. The number of nitrogens with one attached hydrogen (secondary N) is 1. The molecule has 0 aliphatic carbocycles. The summed E-state index contributed by atoms with van der Waals surface area (Å²) in [6.07, 6.45) is 0. The van der Waals surface area contributed by atoms with E-state index >= 15 is 0 Å². The first-order valence-corrected chi connectivity index (χ1v) is 7.66. The molecule has 1 aromatic heterocycles. The molecule has 2 aromatic rings. The van der Waals surface area contributed by atoms with Gasteiger partial charge in [0.25, 0.3) is 5.91 Å². The zero-order chi connectivity index (χ0) is 16.0. The average Bonchev–Trinajstić information content (AvgIpc) is 2.93. The van der Waals surface area contributed by atoms with Crippen LogP contribution >= 0.6 is 15.9 Å². The van der Waals surface area contributed by atoms with E-state index in [1.54, 1.807) is 23.7 Å². The highest BCUT2D eigenvalue weighted by molar-refractivity contribution is 9.10. The number of hydrogen-bond donors (Lipinski definition) is 1. The fraction of sp³-hybridized carbons (Fsp3) is 0.333. The Hall–Kier alpha value is -2.02. The summed E-state index contributed by atoms with van der Waals surface area (Å²) in [4.78, 5) is 13.7. The average molecular weight is 365 g/mol. The topological polar surface area (TPSA) is 59.4 Å². The van der Waals surface area contributed by atoms with Crippen molar-refractivity contribution in [1.82, 2.24) is 14.7 Å². The number of amides is 1. The van der Waals surface area contributed by atoms with Crippen molar-refractivity contribution < 1.29 is 9.53 Å². The van der Waals surface area contributed by atoms with Crippen molar-refractivity contribution in [3.05, 3.63) is 33.4 Å². The molecule has 1 aliphatic heterocycles. The lowest BCUT2D eigenvalue weighted by molar-refractivity contribution is 0.0808. The largest absolute Gasteiger partial charge is 0.496 e. The van der Waals surface area contributed by atoms with Crippen LogP contribution in [0, 0.1) is 13.8 Å². The number of fused-ring (bicyclic) bond motifs is 1. The Morgan fingerprint density at radius 1 is 1.36 bits per heavy atom. The van der Waals surface area contributed by atoms with E-state index in [0.29, 0.717) is 22.7 Å². The molecule has 1 amide bonds. The molecule has 1 aromatic carbocycles. The van der Waals surface area contributed by atoms with E-state index in [4.69, 9.17) is 4.74 Å². The molecule has 0 spiro atoms. The normalized spacial score (nSPS) is 13.5. The van der Waals surface area contributed by atoms with E-state index < -0.39 is 0 Å². The number of methoxy groups -OCH3 is 1. The molecule has 0 unspecified atom stereocenters. The SMILES string of the molecule is COc1ccc(C)c(Nc2nn3c(c2Br)C(=O)N(C)C3)c1C. The Labute approximate surface area is 137 Å². The summed E-state index contributed by atoms with van der Waals surface area (Å²) >= 11 is 3.49. The van der Waals surface area contributed by atoms with Gasteiger partial charge in [-0.1, -0.05) is 6.07 Å². The van der Waals surface area contributed by atoms with Crippen LogP contribution in [0.15, 0.2) is 16.6 Å². The molecule has 22 heavy (non-hydrogen) atoms. The molecule has 7 heteroatoms. The van der Waals surface area contributed by atoms with E-state index in [0.717, 1.165) is 22.6 Å². The number of nitrogens with zero attached hydrogens (tertiary/aromatic N) is 3. The van der Waals surface area contributed by atoms with Crippen molar-refractivity contribution >= 4 is 33.3 Å². The smallest absolute Gasteiger partial charge is 0.274 e. The highest BCUT2D eigenvalue weighted by Gasteiger charge is 2.31. The molecule has 0 bridgehead atoms. The second-order valence-electron chi connectivity index (χ2n) is 5.36. The fourth-order valence-electron chi connectivity index (χ4n) is 2.63. The molecular weight excluding hydrogens is 348 g/mol. The Bertz CT molecular complexity index is 769. The number of aryl methyl sites for hydroxylation is 1. The first kappa shape index (κ1) is 14.9. The zero-order valence-corrected chi connectivity index (χ0v) is 14.5. The van der Waals surface area contributed by atoms with Crippen LogP contribution < -0.4 is 10.1 Å². The molecule has 3 rings (SSSR count). The summed E-state index contributed by atoms with van der Waals surface area (Å²) in [7, 11) is 3.41. The highest BCUT2D eigenvalue weighted by Crippen LogP contribution is 2.36. The quantitative estimate of drug-likeness (QED) is 0.908. The maximum absolute atomic E-state index is 12.1. The van der Waals surface area contributed by atoms with Crippen LogP contribution in [-0.4, -0.2) is 34.7 Å². The van der Waals surface area contributed by atoms with E-state index in [1.165, 1.54) is 0 Å². The molecule has 0 saturated heterocycles. The minimum Gasteiger partial charge on any atom is -0.496 e. The third-order valence-corrected chi connectivity index (χ3v) is 4.63. The lowest BCUT2D eigenvalue weighted by Crippen LogP contribution is -2.19. The van der Waals surface area contributed by atoms with Gasteiger partial charge in [-0.15, -0.1) is 0 Å². The van der Waals surface area contributed by atoms with Gasteiger partial charge < -0.3 is 15.0 Å². The second-order valence-corrected chi connectivity index (χ2v) is 6.16. The maximum atomic E-state index is 12.1. The molecule has 6 nitrogen and oxygen atoms in total. The predicted octanol–water partition coefficient (Wildman–Crippen LogP) is 3.06. The van der Waals surface area contributed by atoms with Gasteiger partial charge in [0.05, 0.1) is 11.6 Å². The summed E-state index contributed by atoms with van der Waals surface area (Å²) < 4.78 is 7.74. The van der Waals surface area contributed by atoms with Crippen LogP contribution in [-0.2, 0) is 6.67 Å². The zero-order valence-electron chi connectivity index (χ0n) is 12.9. The number of halogens is 1. The first-order valence-electron chi connectivity index (χ1n) is 6.87. The number of benzene rings is 1. The van der Waals surface area contributed by atoms with Gasteiger partial charge in [-0.25, -0.2) is 4.68 Å². The Morgan fingerprint density at radius 3 is 2.73 bits per heavy atom. The van der Waals surface area contributed by atoms with Crippen molar-refractivity contribution in [2.45, 2.75) is 20.5 Å². The van der Waals surface area contributed by atoms with Gasteiger partial charge >= 0.3 is 0 Å². The molecule has 2 heterocycles. The van der Waals surface area contributed by atoms with E-state index in [1.807, 2.05) is 26.0 Å². The maximum Gasteiger partial charge on any atom is 0.274 e. The van der Waals surface area contributed by atoms with Crippen LogP contribution in [0.25, 0.3) is 0 Å². The molecule has 116 valence electrons. The molecule has 0 radical (unpaired) electrons. The van der Waals surface area contributed by atoms with Crippen LogP contribution in [0.1, 0.15) is 21.6 Å². The van der Waals surface area contributed by atoms with Crippen LogP contribution in [0.4, 0.5) is 11.5 Å². The molecule has 1 aliphatic rings. The second kappa shape index (κ2) is 5.31. The van der Waals surface area contributed by atoms with Crippen molar-refractivity contribution in [3.63, 3.8) is 0 Å². The van der Waals surface area contributed by atoms with Gasteiger partial charge in [0, 0.05) is 18.3 Å². The number of rotatable bonds is 3. The standard InChI is InChI=1S/C15H17BrN4O2/c1-8-5-6-10(22-4)9(2)12(8)17-14-11(16)13-15(21)19(3)7-20(13)18-14/h5-6H,7H2,1-4H3,(H,17,18). The van der Waals surface area contributed by atoms with E-state index in [9.17, 15) is 4.79 Å². The van der Waals surface area contributed by atoms with Crippen molar-refractivity contribution in [2.24, 2.45) is 0 Å². The number of anilines is 2. The highest BCUT2D eigenvalue weighted by atomic mass is 79.9. The number of carbonyl (C=O) groups is 1. The number of carbonyl (C=O) groups excluding carboxylic acids is 1. The number of aromatic nitrogens is 2. The number of ether oxygens (including phenoxy) is 1. The third-order valence-electron chi connectivity index (χ3n) is 3.88. The van der Waals surface area contributed by atoms with Crippen molar-refractivity contribution in [2.75, 3.05) is 19.5 Å². The minimum absolute atomic E-state index is 0.0356. The fourth-order valence-corrected chi connectivity index (χ4v) is 3.19. The van der Waals surface area contributed by atoms with Crippen LogP contribution in [0.3, 0.4) is 0 Å². The number of hydrogen-bond acceptors (Lipinski definition) is 4. The van der Waals surface area contributed by atoms with Gasteiger partial charge in [-0.05, 0) is 41.4 Å².